The summed E-state index contributed by atoms with van der Waals surface area (Å²) in [4.78, 5) is 12.5. The summed E-state index contributed by atoms with van der Waals surface area (Å²) >= 11 is 6.00. The zero-order valence-electron chi connectivity index (χ0n) is 13.3. The number of hydrogen-bond acceptors (Lipinski definition) is 3. The molecule has 1 aliphatic carbocycles. The van der Waals surface area contributed by atoms with Gasteiger partial charge in [0.1, 0.15) is 5.75 Å². The van der Waals surface area contributed by atoms with Gasteiger partial charge in [-0.2, -0.15) is 5.10 Å². The average Bonchev–Trinajstić information content (AvgIpc) is 3.23. The number of amides is 1. The van der Waals surface area contributed by atoms with E-state index in [1.807, 2.05) is 18.2 Å². The summed E-state index contributed by atoms with van der Waals surface area (Å²) in [6.07, 6.45) is 3.26. The molecule has 4 rings (SSSR count). The number of aromatic hydroxyl groups is 1. The molecule has 2 aromatic carbocycles. The largest absolute Gasteiger partial charge is 0.508 e. The van der Waals surface area contributed by atoms with E-state index in [-0.39, 0.29) is 11.9 Å². The first kappa shape index (κ1) is 15.7. The average molecular weight is 354 g/mol. The minimum Gasteiger partial charge on any atom is -0.508 e. The van der Waals surface area contributed by atoms with Crippen molar-refractivity contribution in [2.45, 2.75) is 18.9 Å². The monoisotopic (exact) mass is 353 g/mol. The third-order valence-electron chi connectivity index (χ3n) is 4.45. The first-order valence-corrected chi connectivity index (χ1v) is 8.43. The van der Waals surface area contributed by atoms with Crippen LogP contribution in [0.1, 0.15) is 34.1 Å². The van der Waals surface area contributed by atoms with Crippen LogP contribution in [0.2, 0.25) is 5.02 Å². The highest BCUT2D eigenvalue weighted by Gasteiger charge is 2.26. The fraction of sp³-hybridized carbons (Fsp3) is 0.158. The van der Waals surface area contributed by atoms with Crippen molar-refractivity contribution in [3.05, 3.63) is 76.6 Å². The Morgan fingerprint density at radius 2 is 2.08 bits per heavy atom. The van der Waals surface area contributed by atoms with Gasteiger partial charge in [-0.05, 0) is 54.3 Å². The highest BCUT2D eigenvalue weighted by Crippen LogP contribution is 2.36. The van der Waals surface area contributed by atoms with E-state index in [0.29, 0.717) is 16.5 Å². The normalized spacial score (nSPS) is 15.8. The number of phenols is 1. The van der Waals surface area contributed by atoms with Gasteiger partial charge in [0.25, 0.3) is 5.91 Å². The molecule has 25 heavy (non-hydrogen) atoms. The predicted molar refractivity (Wildman–Crippen MR) is 95.2 cm³/mol. The lowest BCUT2D eigenvalue weighted by atomic mass is 10.1. The number of rotatable bonds is 3. The van der Waals surface area contributed by atoms with E-state index < -0.39 is 0 Å². The Morgan fingerprint density at radius 3 is 2.92 bits per heavy atom. The van der Waals surface area contributed by atoms with E-state index in [4.69, 9.17) is 11.6 Å². The molecule has 3 aromatic rings. The Bertz CT molecular complexity index is 951. The van der Waals surface area contributed by atoms with Crippen molar-refractivity contribution in [1.82, 2.24) is 15.1 Å². The van der Waals surface area contributed by atoms with E-state index in [9.17, 15) is 9.90 Å². The molecular formula is C19H16ClN3O2. The van der Waals surface area contributed by atoms with Gasteiger partial charge in [0.2, 0.25) is 0 Å². The maximum atomic E-state index is 12.5. The SMILES string of the molecule is O=C(N[C@H]1CCc2c(O)cccc21)c1ccn(-c2cccc(Cl)c2)n1. The standard InChI is InChI=1S/C19H16ClN3O2/c20-12-3-1-4-13(11-12)23-10-9-17(22-23)19(25)21-16-8-7-15-14(16)5-2-6-18(15)24/h1-6,9-11,16,24H,7-8H2,(H,21,25)/t16-/m0/s1. The molecule has 0 spiro atoms. The van der Waals surface area contributed by atoms with Crippen molar-refractivity contribution in [2.24, 2.45) is 0 Å². The quantitative estimate of drug-likeness (QED) is 0.755. The highest BCUT2D eigenvalue weighted by atomic mass is 35.5. The Morgan fingerprint density at radius 1 is 1.24 bits per heavy atom. The minimum atomic E-state index is -0.234. The molecule has 2 N–H and O–H groups in total. The number of hydrogen-bond donors (Lipinski definition) is 2. The molecule has 1 heterocycles. The van der Waals surface area contributed by atoms with Crippen LogP contribution in [-0.2, 0) is 6.42 Å². The number of halogens is 1. The van der Waals surface area contributed by atoms with Crippen LogP contribution in [0.4, 0.5) is 0 Å². The number of aromatic nitrogens is 2. The van der Waals surface area contributed by atoms with Crippen LogP contribution >= 0.6 is 11.6 Å². The van der Waals surface area contributed by atoms with E-state index in [2.05, 4.69) is 10.4 Å². The summed E-state index contributed by atoms with van der Waals surface area (Å²) in [5, 5.41) is 17.9. The Labute approximate surface area is 149 Å². The van der Waals surface area contributed by atoms with Crippen LogP contribution in [0.3, 0.4) is 0 Å². The van der Waals surface area contributed by atoms with Crippen molar-refractivity contribution in [1.29, 1.82) is 0 Å². The molecule has 6 heteroatoms. The first-order chi connectivity index (χ1) is 12.1. The number of fused-ring (bicyclic) bond motifs is 1. The van der Waals surface area contributed by atoms with Gasteiger partial charge in [-0.3, -0.25) is 4.79 Å². The molecule has 0 aliphatic heterocycles. The summed E-state index contributed by atoms with van der Waals surface area (Å²) in [5.41, 5.74) is 3.02. The second kappa shape index (κ2) is 6.26. The predicted octanol–water partition coefficient (Wildman–Crippen LogP) is 3.65. The fourth-order valence-electron chi connectivity index (χ4n) is 3.22. The summed E-state index contributed by atoms with van der Waals surface area (Å²) in [5.74, 6) is 0.0569. The molecule has 1 aromatic heterocycles. The van der Waals surface area contributed by atoms with Crippen LogP contribution < -0.4 is 5.32 Å². The summed E-state index contributed by atoms with van der Waals surface area (Å²) < 4.78 is 1.62. The molecule has 5 nitrogen and oxygen atoms in total. The van der Waals surface area contributed by atoms with Crippen molar-refractivity contribution in [3.63, 3.8) is 0 Å². The molecule has 0 saturated heterocycles. The molecule has 1 atom stereocenters. The van der Waals surface area contributed by atoms with Gasteiger partial charge in [-0.15, -0.1) is 0 Å². The smallest absolute Gasteiger partial charge is 0.272 e. The highest BCUT2D eigenvalue weighted by molar-refractivity contribution is 6.30. The van der Waals surface area contributed by atoms with Crippen molar-refractivity contribution < 1.29 is 9.90 Å². The molecule has 0 bridgehead atoms. The number of phenolic OH excluding ortho intramolecular Hbond substituents is 1. The van der Waals surface area contributed by atoms with E-state index in [1.54, 1.807) is 41.2 Å². The van der Waals surface area contributed by atoms with Crippen molar-refractivity contribution in [3.8, 4) is 11.4 Å². The third-order valence-corrected chi connectivity index (χ3v) is 4.68. The maximum absolute atomic E-state index is 12.5. The van der Waals surface area contributed by atoms with Crippen LogP contribution in [-0.4, -0.2) is 20.8 Å². The number of carbonyl (C=O) groups is 1. The number of benzene rings is 2. The van der Waals surface area contributed by atoms with E-state index >= 15 is 0 Å². The third kappa shape index (κ3) is 2.98. The maximum Gasteiger partial charge on any atom is 0.272 e. The molecular weight excluding hydrogens is 338 g/mol. The molecule has 1 amide bonds. The fourth-order valence-corrected chi connectivity index (χ4v) is 3.41. The molecule has 0 saturated carbocycles. The topological polar surface area (TPSA) is 67.2 Å². The Hall–Kier alpha value is -2.79. The lowest BCUT2D eigenvalue weighted by Gasteiger charge is -2.13. The second-order valence-electron chi connectivity index (χ2n) is 6.04. The van der Waals surface area contributed by atoms with Crippen LogP contribution in [0, 0.1) is 0 Å². The lowest BCUT2D eigenvalue weighted by molar-refractivity contribution is 0.0931. The Balaban J connectivity index is 1.53. The van der Waals surface area contributed by atoms with Gasteiger partial charge < -0.3 is 10.4 Å². The molecule has 0 unspecified atom stereocenters. The van der Waals surface area contributed by atoms with Gasteiger partial charge in [-0.1, -0.05) is 29.8 Å². The van der Waals surface area contributed by atoms with Crippen molar-refractivity contribution in [2.75, 3.05) is 0 Å². The van der Waals surface area contributed by atoms with Crippen LogP contribution in [0.15, 0.2) is 54.7 Å². The number of nitrogens with one attached hydrogen (secondary N) is 1. The van der Waals surface area contributed by atoms with Gasteiger partial charge in [0, 0.05) is 11.2 Å². The first-order valence-electron chi connectivity index (χ1n) is 8.05. The number of nitrogens with zero attached hydrogens (tertiary/aromatic N) is 2. The van der Waals surface area contributed by atoms with Crippen molar-refractivity contribution >= 4 is 17.5 Å². The molecule has 0 fully saturated rings. The molecule has 1 aliphatic rings. The molecule has 126 valence electrons. The molecule has 0 radical (unpaired) electrons. The number of carbonyl (C=O) groups excluding carboxylic acids is 1. The summed E-state index contributed by atoms with van der Waals surface area (Å²) in [6.45, 7) is 0. The minimum absolute atomic E-state index is 0.106. The Kier molecular flexibility index (Phi) is 3.93. The zero-order chi connectivity index (χ0) is 17.4. The van der Waals surface area contributed by atoms with E-state index in [0.717, 1.165) is 29.7 Å². The van der Waals surface area contributed by atoms with Gasteiger partial charge in [-0.25, -0.2) is 4.68 Å². The van der Waals surface area contributed by atoms with Gasteiger partial charge in [0.15, 0.2) is 5.69 Å². The lowest BCUT2D eigenvalue weighted by Crippen LogP contribution is -2.27. The van der Waals surface area contributed by atoms with E-state index in [1.165, 1.54) is 0 Å². The summed E-state index contributed by atoms with van der Waals surface area (Å²) in [7, 11) is 0. The second-order valence-corrected chi connectivity index (χ2v) is 6.47. The van der Waals surface area contributed by atoms with Gasteiger partial charge in [0.05, 0.1) is 11.7 Å². The van der Waals surface area contributed by atoms with Gasteiger partial charge >= 0.3 is 0 Å². The van der Waals surface area contributed by atoms with Crippen LogP contribution in [0.5, 0.6) is 5.75 Å². The van der Waals surface area contributed by atoms with Crippen LogP contribution in [0.25, 0.3) is 5.69 Å². The summed E-state index contributed by atoms with van der Waals surface area (Å²) in [6, 6.07) is 14.3. The zero-order valence-corrected chi connectivity index (χ0v) is 14.1.